The van der Waals surface area contributed by atoms with Crippen LogP contribution in [0.5, 0.6) is 5.75 Å². The van der Waals surface area contributed by atoms with Crippen LogP contribution in [0.3, 0.4) is 0 Å². The number of anilines is 2. The third kappa shape index (κ3) is 5.11. The van der Waals surface area contributed by atoms with Crippen molar-refractivity contribution in [2.75, 3.05) is 17.7 Å². The van der Waals surface area contributed by atoms with Crippen LogP contribution in [0.25, 0.3) is 0 Å². The van der Waals surface area contributed by atoms with E-state index in [0.717, 1.165) is 22.4 Å². The number of hydrogen-bond acceptors (Lipinski definition) is 5. The van der Waals surface area contributed by atoms with Gasteiger partial charge in [0.25, 0.3) is 5.95 Å². The second kappa shape index (κ2) is 9.98. The fraction of sp³-hybridized carbons (Fsp3) is 0.192. The van der Waals surface area contributed by atoms with Gasteiger partial charge >= 0.3 is 0 Å². The summed E-state index contributed by atoms with van der Waals surface area (Å²) < 4.78 is 6.96. The van der Waals surface area contributed by atoms with Crippen LogP contribution < -0.4 is 15.4 Å². The second-order valence-corrected chi connectivity index (χ2v) is 9.14. The van der Waals surface area contributed by atoms with E-state index in [4.69, 9.17) is 27.9 Å². The van der Waals surface area contributed by atoms with Gasteiger partial charge in [-0.05, 0) is 53.4 Å². The Morgan fingerprint density at radius 1 is 1.09 bits per heavy atom. The summed E-state index contributed by atoms with van der Waals surface area (Å²) in [6, 6.07) is 22.6. The van der Waals surface area contributed by atoms with Gasteiger partial charge in [0.2, 0.25) is 11.9 Å². The second-order valence-electron chi connectivity index (χ2n) is 8.30. The van der Waals surface area contributed by atoms with E-state index in [-0.39, 0.29) is 30.4 Å². The first kappa shape index (κ1) is 23.2. The summed E-state index contributed by atoms with van der Waals surface area (Å²) in [4.78, 5) is 17.3. The Balaban J connectivity index is 1.41. The zero-order valence-corrected chi connectivity index (χ0v) is 20.4. The van der Waals surface area contributed by atoms with Gasteiger partial charge in [0.1, 0.15) is 5.75 Å². The minimum Gasteiger partial charge on any atom is -0.497 e. The minimum atomic E-state index is -0.207. The topological polar surface area (TPSA) is 81.1 Å². The number of aromatic nitrogens is 3. The van der Waals surface area contributed by atoms with Crippen molar-refractivity contribution in [1.29, 1.82) is 0 Å². The lowest BCUT2D eigenvalue weighted by molar-refractivity contribution is -0.115. The van der Waals surface area contributed by atoms with Crippen molar-refractivity contribution in [2.45, 2.75) is 24.9 Å². The van der Waals surface area contributed by atoms with Gasteiger partial charge in [-0.1, -0.05) is 65.7 Å². The third-order valence-electron chi connectivity index (χ3n) is 6.00. The van der Waals surface area contributed by atoms with Crippen LogP contribution in [0.15, 0.2) is 72.8 Å². The first-order valence-corrected chi connectivity index (χ1v) is 11.9. The van der Waals surface area contributed by atoms with Gasteiger partial charge in [-0.15, -0.1) is 5.10 Å². The monoisotopic (exact) mass is 507 g/mol. The van der Waals surface area contributed by atoms with Gasteiger partial charge in [-0.25, -0.2) is 4.68 Å². The van der Waals surface area contributed by atoms with Crippen molar-refractivity contribution in [3.63, 3.8) is 0 Å². The lowest BCUT2D eigenvalue weighted by atomic mass is 9.93. The molecule has 3 aromatic carbocycles. The van der Waals surface area contributed by atoms with E-state index in [9.17, 15) is 4.79 Å². The predicted molar refractivity (Wildman–Crippen MR) is 137 cm³/mol. The molecule has 9 heteroatoms. The van der Waals surface area contributed by atoms with Crippen LogP contribution in [0.2, 0.25) is 10.0 Å². The maximum atomic E-state index is 12.7. The summed E-state index contributed by atoms with van der Waals surface area (Å²) in [6.45, 7) is 0. The average Bonchev–Trinajstić information content (AvgIpc) is 3.27. The molecule has 178 valence electrons. The number of carbonyl (C=O) groups excluding carboxylic acids is 1. The van der Waals surface area contributed by atoms with Crippen molar-refractivity contribution >= 4 is 41.0 Å². The highest BCUT2D eigenvalue weighted by Crippen LogP contribution is 2.40. The molecule has 0 aliphatic carbocycles. The first-order valence-electron chi connectivity index (χ1n) is 11.2. The SMILES string of the molecule is COc1ccc(CC(=O)Nc2nc3n(n2)[C@@H](c2ccccc2Cl)C[C@@H](c2ccc(Cl)cc2)N3)cc1. The number of rotatable bonds is 6. The van der Waals surface area contributed by atoms with E-state index in [1.807, 2.05) is 72.8 Å². The number of fused-ring (bicyclic) bond motifs is 1. The summed E-state index contributed by atoms with van der Waals surface area (Å²) >= 11 is 12.7. The Bertz CT molecular complexity index is 1340. The van der Waals surface area contributed by atoms with Crippen molar-refractivity contribution < 1.29 is 9.53 Å². The Hall–Kier alpha value is -3.55. The number of halogens is 2. The van der Waals surface area contributed by atoms with E-state index < -0.39 is 0 Å². The number of hydrogen-bond donors (Lipinski definition) is 2. The third-order valence-corrected chi connectivity index (χ3v) is 6.60. The lowest BCUT2D eigenvalue weighted by Crippen LogP contribution is -2.28. The Morgan fingerprint density at radius 3 is 2.54 bits per heavy atom. The molecular formula is C26H23Cl2N5O2. The molecule has 2 N–H and O–H groups in total. The standard InChI is InChI=1S/C26H23Cl2N5O2/c1-35-19-12-6-16(7-13-19)14-24(34)30-25-31-26-29-22(17-8-10-18(27)11-9-17)15-23(33(26)32-25)20-4-2-3-5-21(20)28/h2-13,22-23H,14-15H2,1H3,(H2,29,30,31,32,34)/t22-,23+/m0/s1. The summed E-state index contributed by atoms with van der Waals surface area (Å²) in [5.74, 6) is 1.33. The normalized spacial score (nSPS) is 16.8. The Labute approximate surface area is 213 Å². The molecule has 1 aromatic heterocycles. The highest BCUT2D eigenvalue weighted by Gasteiger charge is 2.32. The number of nitrogens with zero attached hydrogens (tertiary/aromatic N) is 3. The molecule has 35 heavy (non-hydrogen) atoms. The predicted octanol–water partition coefficient (Wildman–Crippen LogP) is 5.92. The average molecular weight is 508 g/mol. The molecule has 0 spiro atoms. The first-order chi connectivity index (χ1) is 17.0. The van der Waals surface area contributed by atoms with Crippen LogP contribution in [-0.4, -0.2) is 27.8 Å². The molecule has 0 bridgehead atoms. The molecule has 2 atom stereocenters. The largest absolute Gasteiger partial charge is 0.497 e. The van der Waals surface area contributed by atoms with E-state index in [1.54, 1.807) is 11.8 Å². The van der Waals surface area contributed by atoms with Crippen LogP contribution in [-0.2, 0) is 11.2 Å². The number of benzene rings is 3. The minimum absolute atomic E-state index is 0.0342. The molecule has 2 heterocycles. The van der Waals surface area contributed by atoms with Crippen molar-refractivity contribution in [1.82, 2.24) is 14.8 Å². The molecule has 1 aliphatic rings. The molecule has 0 saturated heterocycles. The quantitative estimate of drug-likeness (QED) is 0.338. The van der Waals surface area contributed by atoms with Gasteiger partial charge < -0.3 is 10.1 Å². The molecule has 1 amide bonds. The molecule has 1 aliphatic heterocycles. The Kier molecular flexibility index (Phi) is 6.61. The molecule has 5 rings (SSSR count). The molecule has 7 nitrogen and oxygen atoms in total. The van der Waals surface area contributed by atoms with Crippen LogP contribution in [0.1, 0.15) is 35.2 Å². The molecular weight excluding hydrogens is 485 g/mol. The highest BCUT2D eigenvalue weighted by atomic mass is 35.5. The van der Waals surface area contributed by atoms with E-state index >= 15 is 0 Å². The fourth-order valence-electron chi connectivity index (χ4n) is 4.25. The van der Waals surface area contributed by atoms with Crippen molar-refractivity contribution in [2.24, 2.45) is 0 Å². The fourth-order valence-corrected chi connectivity index (χ4v) is 4.63. The van der Waals surface area contributed by atoms with Gasteiger partial charge in [-0.3, -0.25) is 10.1 Å². The zero-order chi connectivity index (χ0) is 24.4. The van der Waals surface area contributed by atoms with Gasteiger partial charge in [0, 0.05) is 10.0 Å². The van der Waals surface area contributed by atoms with Gasteiger partial charge in [0.15, 0.2) is 0 Å². The molecule has 0 saturated carbocycles. The molecule has 0 fully saturated rings. The number of amides is 1. The molecule has 4 aromatic rings. The summed E-state index contributed by atoms with van der Waals surface area (Å²) in [6.07, 6.45) is 0.892. The summed E-state index contributed by atoms with van der Waals surface area (Å²) in [5.41, 5.74) is 2.88. The molecule has 0 unspecified atom stereocenters. The van der Waals surface area contributed by atoms with E-state index in [0.29, 0.717) is 22.4 Å². The van der Waals surface area contributed by atoms with Crippen LogP contribution >= 0.6 is 23.2 Å². The summed E-state index contributed by atoms with van der Waals surface area (Å²) in [7, 11) is 1.61. The van der Waals surface area contributed by atoms with E-state index in [1.165, 1.54) is 0 Å². The highest BCUT2D eigenvalue weighted by molar-refractivity contribution is 6.31. The van der Waals surface area contributed by atoms with Crippen molar-refractivity contribution in [3.8, 4) is 5.75 Å². The van der Waals surface area contributed by atoms with Crippen LogP contribution in [0.4, 0.5) is 11.9 Å². The number of carbonyl (C=O) groups is 1. The number of methoxy groups -OCH3 is 1. The number of ether oxygens (including phenoxy) is 1. The smallest absolute Gasteiger partial charge is 0.250 e. The van der Waals surface area contributed by atoms with Gasteiger partial charge in [-0.2, -0.15) is 4.98 Å². The van der Waals surface area contributed by atoms with E-state index in [2.05, 4.69) is 20.7 Å². The number of nitrogens with one attached hydrogen (secondary N) is 2. The van der Waals surface area contributed by atoms with Crippen LogP contribution in [0, 0.1) is 0 Å². The maximum absolute atomic E-state index is 12.7. The maximum Gasteiger partial charge on any atom is 0.250 e. The van der Waals surface area contributed by atoms with Gasteiger partial charge in [0.05, 0.1) is 25.6 Å². The van der Waals surface area contributed by atoms with Crippen molar-refractivity contribution in [3.05, 3.63) is 99.5 Å². The lowest BCUT2D eigenvalue weighted by Gasteiger charge is -2.32. The zero-order valence-electron chi connectivity index (χ0n) is 18.9. The Morgan fingerprint density at radius 2 is 1.83 bits per heavy atom. The summed E-state index contributed by atoms with van der Waals surface area (Å²) in [5, 5.41) is 12.2. The molecule has 0 radical (unpaired) electrons.